The van der Waals surface area contributed by atoms with Gasteiger partial charge in [-0.1, -0.05) is 35.9 Å². The van der Waals surface area contributed by atoms with Crippen LogP contribution in [0.3, 0.4) is 0 Å². The standard InChI is InChI=1S/C32H43N3O6S/c1-4-27(32(39)34(3)10-9-23-7-5-22(2)6-8-23)31(38)28-15-24(18-35-11-13-40-14-12-35)16-29-30(28)33-17-26(41-29)21-42-20-25(37)19-36/h4-8,15-16,25-26,33,36-37H,9-14,17-21H2,1-3H3/b27-4+. The van der Waals surface area contributed by atoms with Crippen LogP contribution < -0.4 is 10.1 Å². The number of allylic oxidation sites excluding steroid dienone is 1. The number of aliphatic hydroxyl groups excluding tert-OH is 2. The fourth-order valence-corrected chi connectivity index (χ4v) is 5.97. The Bertz CT molecular complexity index is 1250. The summed E-state index contributed by atoms with van der Waals surface area (Å²) >= 11 is 1.51. The van der Waals surface area contributed by atoms with Crippen molar-refractivity contribution in [2.45, 2.75) is 39.0 Å². The third kappa shape index (κ3) is 8.58. The molecule has 2 aromatic carbocycles. The number of thioether (sulfide) groups is 1. The van der Waals surface area contributed by atoms with Crippen LogP contribution >= 0.6 is 11.8 Å². The van der Waals surface area contributed by atoms with Crippen molar-refractivity contribution in [1.29, 1.82) is 0 Å². The highest BCUT2D eigenvalue weighted by Crippen LogP contribution is 2.36. The molecule has 42 heavy (non-hydrogen) atoms. The Morgan fingerprint density at radius 1 is 1.19 bits per heavy atom. The van der Waals surface area contributed by atoms with Gasteiger partial charge in [0.25, 0.3) is 5.91 Å². The molecule has 1 amide bonds. The number of hydrogen-bond acceptors (Lipinski definition) is 9. The Kier molecular flexibility index (Phi) is 11.9. The molecular weight excluding hydrogens is 554 g/mol. The summed E-state index contributed by atoms with van der Waals surface area (Å²) in [6.45, 7) is 8.04. The molecule has 2 unspecified atom stereocenters. The van der Waals surface area contributed by atoms with Gasteiger partial charge in [0.1, 0.15) is 11.9 Å². The number of likely N-dealkylation sites (N-methyl/N-ethyl adjacent to an activating group) is 1. The number of carbonyl (C=O) groups is 2. The van der Waals surface area contributed by atoms with Gasteiger partial charge in [-0.25, -0.2) is 0 Å². The second-order valence-corrected chi connectivity index (χ2v) is 12.0. The molecule has 2 aromatic rings. The lowest BCUT2D eigenvalue weighted by molar-refractivity contribution is -0.125. The average molecular weight is 598 g/mol. The number of nitrogens with zero attached hydrogens (tertiary/aromatic N) is 2. The molecule has 3 N–H and O–H groups in total. The maximum Gasteiger partial charge on any atom is 0.257 e. The van der Waals surface area contributed by atoms with Crippen LogP contribution in [0, 0.1) is 6.92 Å². The fourth-order valence-electron chi connectivity index (χ4n) is 5.01. The number of rotatable bonds is 13. The van der Waals surface area contributed by atoms with Gasteiger partial charge in [-0.3, -0.25) is 14.5 Å². The highest BCUT2D eigenvalue weighted by atomic mass is 32.2. The minimum absolute atomic E-state index is 0.129. The van der Waals surface area contributed by atoms with E-state index in [1.807, 2.05) is 19.1 Å². The van der Waals surface area contributed by atoms with Crippen LogP contribution in [0.4, 0.5) is 5.69 Å². The first kappa shape index (κ1) is 32.0. The first-order chi connectivity index (χ1) is 20.3. The number of benzene rings is 2. The molecule has 228 valence electrons. The van der Waals surface area contributed by atoms with Crippen molar-refractivity contribution < 1.29 is 29.3 Å². The number of anilines is 1. The number of fused-ring (bicyclic) bond motifs is 1. The highest BCUT2D eigenvalue weighted by molar-refractivity contribution is 7.99. The van der Waals surface area contributed by atoms with E-state index in [4.69, 9.17) is 14.6 Å². The summed E-state index contributed by atoms with van der Waals surface area (Å²) in [5, 5.41) is 22.2. The molecule has 0 radical (unpaired) electrons. The molecule has 2 heterocycles. The molecule has 9 nitrogen and oxygen atoms in total. The Hall–Kier alpha value is -2.89. The number of ether oxygens (including phenoxy) is 2. The smallest absolute Gasteiger partial charge is 0.257 e. The van der Waals surface area contributed by atoms with E-state index in [1.165, 1.54) is 17.3 Å². The first-order valence-electron chi connectivity index (χ1n) is 14.5. The maximum absolute atomic E-state index is 14.0. The zero-order chi connectivity index (χ0) is 30.1. The zero-order valence-electron chi connectivity index (χ0n) is 24.8. The maximum atomic E-state index is 14.0. The molecule has 4 rings (SSSR count). The van der Waals surface area contributed by atoms with Crippen LogP contribution in [0.1, 0.15) is 34.0 Å². The van der Waals surface area contributed by atoms with Gasteiger partial charge in [-0.05, 0) is 43.5 Å². The number of amides is 1. The highest BCUT2D eigenvalue weighted by Gasteiger charge is 2.30. The molecule has 2 aliphatic rings. The number of hydrogen-bond donors (Lipinski definition) is 3. The molecule has 0 aliphatic carbocycles. The van der Waals surface area contributed by atoms with E-state index in [9.17, 15) is 14.7 Å². The third-order valence-corrected chi connectivity index (χ3v) is 8.74. The molecular formula is C32H43N3O6S. The number of nitrogens with one attached hydrogen (secondary N) is 1. The second kappa shape index (κ2) is 15.5. The minimum Gasteiger partial charge on any atom is -0.486 e. The Labute approximate surface area is 252 Å². The van der Waals surface area contributed by atoms with E-state index in [1.54, 1.807) is 24.9 Å². The van der Waals surface area contributed by atoms with Crippen LogP contribution in [-0.4, -0.2) is 108 Å². The number of aliphatic hydroxyl groups is 2. The summed E-state index contributed by atoms with van der Waals surface area (Å²) in [5.41, 5.74) is 4.40. The van der Waals surface area contributed by atoms with E-state index >= 15 is 0 Å². The van der Waals surface area contributed by atoms with Crippen LogP contribution in [0.5, 0.6) is 5.75 Å². The minimum atomic E-state index is -0.769. The van der Waals surface area contributed by atoms with Gasteiger partial charge >= 0.3 is 0 Å². The van der Waals surface area contributed by atoms with Gasteiger partial charge in [0, 0.05) is 44.7 Å². The predicted octanol–water partition coefficient (Wildman–Crippen LogP) is 2.92. The van der Waals surface area contributed by atoms with Gasteiger partial charge in [0.05, 0.1) is 49.3 Å². The molecule has 2 aliphatic heterocycles. The van der Waals surface area contributed by atoms with Crippen LogP contribution in [-0.2, 0) is 22.5 Å². The molecule has 0 saturated carbocycles. The second-order valence-electron chi connectivity index (χ2n) is 10.9. The van der Waals surface area contributed by atoms with Crippen molar-refractivity contribution >= 4 is 29.1 Å². The molecule has 2 atom stereocenters. The van der Waals surface area contributed by atoms with Crippen LogP contribution in [0.2, 0.25) is 0 Å². The van der Waals surface area contributed by atoms with E-state index in [-0.39, 0.29) is 30.0 Å². The summed E-state index contributed by atoms with van der Waals surface area (Å²) in [7, 11) is 1.73. The quantitative estimate of drug-likeness (QED) is 0.139. The van der Waals surface area contributed by atoms with Crippen molar-refractivity contribution in [1.82, 2.24) is 9.80 Å². The van der Waals surface area contributed by atoms with Gasteiger partial charge in [0.2, 0.25) is 0 Å². The van der Waals surface area contributed by atoms with E-state index < -0.39 is 6.10 Å². The number of carbonyl (C=O) groups excluding carboxylic acids is 2. The summed E-state index contributed by atoms with van der Waals surface area (Å²) in [4.78, 5) is 31.4. The SMILES string of the molecule is C/C=C(\C(=O)c1cc(CN2CCOCC2)cc2c1NCC(CSCC(O)CO)O2)C(=O)N(C)CCc1ccc(C)cc1. The van der Waals surface area contributed by atoms with Gasteiger partial charge in [-0.2, -0.15) is 11.8 Å². The Balaban J connectivity index is 1.53. The topological polar surface area (TPSA) is 112 Å². The summed E-state index contributed by atoms with van der Waals surface area (Å²) in [6.07, 6.45) is 1.35. The fraction of sp³-hybridized carbons (Fsp3) is 0.500. The first-order valence-corrected chi connectivity index (χ1v) is 15.7. The Morgan fingerprint density at radius 2 is 1.93 bits per heavy atom. The zero-order valence-corrected chi connectivity index (χ0v) is 25.6. The van der Waals surface area contributed by atoms with Gasteiger partial charge in [0.15, 0.2) is 5.78 Å². The summed E-state index contributed by atoms with van der Waals surface area (Å²) < 4.78 is 11.8. The number of Topliss-reactive ketones (excluding diaryl/α,β-unsaturated/α-hetero) is 1. The monoisotopic (exact) mass is 597 g/mol. The van der Waals surface area contributed by atoms with Crippen LogP contribution in [0.25, 0.3) is 0 Å². The molecule has 10 heteroatoms. The molecule has 0 aromatic heterocycles. The lowest BCUT2D eigenvalue weighted by atomic mass is 9.96. The molecule has 0 bridgehead atoms. The number of aryl methyl sites for hydroxylation is 1. The van der Waals surface area contributed by atoms with E-state index in [0.29, 0.717) is 67.8 Å². The number of ketones is 1. The van der Waals surface area contributed by atoms with Crippen molar-refractivity contribution in [3.05, 3.63) is 70.3 Å². The van der Waals surface area contributed by atoms with Crippen molar-refractivity contribution in [3.8, 4) is 5.75 Å². The van der Waals surface area contributed by atoms with E-state index in [0.717, 1.165) is 24.2 Å². The molecule has 1 fully saturated rings. The largest absolute Gasteiger partial charge is 0.486 e. The Morgan fingerprint density at radius 3 is 2.62 bits per heavy atom. The normalized spacial score (nSPS) is 18.0. The average Bonchev–Trinajstić information content (AvgIpc) is 3.00. The van der Waals surface area contributed by atoms with Crippen molar-refractivity contribution in [3.63, 3.8) is 0 Å². The van der Waals surface area contributed by atoms with E-state index in [2.05, 4.69) is 34.5 Å². The molecule has 0 spiro atoms. The van der Waals surface area contributed by atoms with Crippen molar-refractivity contribution in [2.75, 3.05) is 69.9 Å². The van der Waals surface area contributed by atoms with Gasteiger partial charge in [-0.15, -0.1) is 0 Å². The third-order valence-electron chi connectivity index (χ3n) is 7.51. The molecule has 1 saturated heterocycles. The van der Waals surface area contributed by atoms with Gasteiger partial charge < -0.3 is 29.9 Å². The summed E-state index contributed by atoms with van der Waals surface area (Å²) in [5.74, 6) is 0.966. The number of morpholine rings is 1. The van der Waals surface area contributed by atoms with Crippen molar-refractivity contribution in [2.24, 2.45) is 0 Å². The summed E-state index contributed by atoms with van der Waals surface area (Å²) in [6, 6.07) is 12.1. The van der Waals surface area contributed by atoms with Crippen LogP contribution in [0.15, 0.2) is 48.0 Å². The predicted molar refractivity (Wildman–Crippen MR) is 166 cm³/mol. The lowest BCUT2D eigenvalue weighted by Gasteiger charge is -2.31. The lowest BCUT2D eigenvalue weighted by Crippen LogP contribution is -2.37.